The van der Waals surface area contributed by atoms with Crippen LogP contribution in [0.15, 0.2) is 83.3 Å². The highest BCUT2D eigenvalue weighted by atomic mass is 79.9. The van der Waals surface area contributed by atoms with Gasteiger partial charge in [0.05, 0.1) is 11.6 Å². The molecule has 2 heterocycles. The van der Waals surface area contributed by atoms with E-state index in [1.54, 1.807) is 0 Å². The maximum Gasteiger partial charge on any atom is 0.255 e. The first-order valence-electron chi connectivity index (χ1n) is 9.95. The molecule has 4 aromatic rings. The number of amides is 1. The lowest BCUT2D eigenvalue weighted by Gasteiger charge is -2.26. The van der Waals surface area contributed by atoms with Crippen molar-refractivity contribution < 1.29 is 4.79 Å². The van der Waals surface area contributed by atoms with E-state index in [2.05, 4.69) is 69.4 Å². The van der Waals surface area contributed by atoms with Crippen molar-refractivity contribution in [2.24, 2.45) is 0 Å². The molecule has 1 aliphatic rings. The number of halogens is 1. The Morgan fingerprint density at radius 3 is 2.48 bits per heavy atom. The van der Waals surface area contributed by atoms with Crippen molar-refractivity contribution in [2.75, 3.05) is 6.54 Å². The Labute approximate surface area is 178 Å². The summed E-state index contributed by atoms with van der Waals surface area (Å²) >= 11 is 3.54. The third-order valence-electron chi connectivity index (χ3n) is 5.75. The molecule has 29 heavy (non-hydrogen) atoms. The van der Waals surface area contributed by atoms with E-state index in [9.17, 15) is 4.79 Å². The van der Waals surface area contributed by atoms with Gasteiger partial charge in [0.1, 0.15) is 0 Å². The number of carbonyl (C=O) groups excluding carboxylic acids is 1. The van der Waals surface area contributed by atoms with Gasteiger partial charge in [-0.1, -0.05) is 60.7 Å². The molecule has 3 nitrogen and oxygen atoms in total. The summed E-state index contributed by atoms with van der Waals surface area (Å²) in [5.74, 6) is 0.0812. The van der Waals surface area contributed by atoms with E-state index in [0.29, 0.717) is 0 Å². The van der Waals surface area contributed by atoms with Crippen LogP contribution in [0.1, 0.15) is 34.9 Å². The predicted octanol–water partition coefficient (Wildman–Crippen LogP) is 6.57. The van der Waals surface area contributed by atoms with Gasteiger partial charge in [-0.25, -0.2) is 0 Å². The smallest absolute Gasteiger partial charge is 0.255 e. The minimum atomic E-state index is 0.0391. The van der Waals surface area contributed by atoms with Gasteiger partial charge >= 0.3 is 0 Å². The average molecular weight is 445 g/mol. The Kier molecular flexibility index (Phi) is 4.72. The zero-order valence-corrected chi connectivity index (χ0v) is 17.5. The van der Waals surface area contributed by atoms with Crippen LogP contribution < -0.4 is 0 Å². The highest BCUT2D eigenvalue weighted by Crippen LogP contribution is 2.42. The molecular weight excluding hydrogens is 424 g/mol. The van der Waals surface area contributed by atoms with Crippen LogP contribution in [0.25, 0.3) is 22.0 Å². The van der Waals surface area contributed by atoms with Crippen molar-refractivity contribution in [3.63, 3.8) is 0 Å². The fourth-order valence-electron chi connectivity index (χ4n) is 4.43. The Bertz CT molecular complexity index is 1180. The van der Waals surface area contributed by atoms with Crippen LogP contribution in [0, 0.1) is 0 Å². The molecule has 1 aromatic heterocycles. The molecule has 1 saturated heterocycles. The Balaban J connectivity index is 1.63. The lowest BCUT2D eigenvalue weighted by atomic mass is 9.97. The van der Waals surface area contributed by atoms with E-state index in [-0.39, 0.29) is 11.9 Å². The minimum Gasteiger partial charge on any atom is -0.356 e. The van der Waals surface area contributed by atoms with Crippen LogP contribution in [0.5, 0.6) is 0 Å². The number of hydrogen-bond donors (Lipinski definition) is 1. The standard InChI is InChI=1S/C25H21BrN2O/c26-20-13-6-4-11-18(20)25(29)28-16-8-15-22(28)24-23(17-9-2-1-3-10-17)19-12-5-7-14-21(19)27-24/h1-7,9-14,22,27H,8,15-16H2. The molecule has 0 aliphatic carbocycles. The van der Waals surface area contributed by atoms with Crippen molar-refractivity contribution in [1.82, 2.24) is 9.88 Å². The van der Waals surface area contributed by atoms with Crippen LogP contribution in [-0.2, 0) is 0 Å². The summed E-state index contributed by atoms with van der Waals surface area (Å²) in [5.41, 5.74) is 5.35. The Morgan fingerprint density at radius 1 is 0.931 bits per heavy atom. The molecule has 1 atom stereocenters. The number of para-hydroxylation sites is 1. The van der Waals surface area contributed by atoms with Crippen LogP contribution >= 0.6 is 15.9 Å². The Morgan fingerprint density at radius 2 is 1.66 bits per heavy atom. The number of rotatable bonds is 3. The maximum atomic E-state index is 13.4. The monoisotopic (exact) mass is 444 g/mol. The number of hydrogen-bond acceptors (Lipinski definition) is 1. The number of fused-ring (bicyclic) bond motifs is 1. The highest BCUT2D eigenvalue weighted by molar-refractivity contribution is 9.10. The SMILES string of the molecule is O=C(c1ccccc1Br)N1CCCC1c1[nH]c2ccccc2c1-c1ccccc1. The number of nitrogens with one attached hydrogen (secondary N) is 1. The summed E-state index contributed by atoms with van der Waals surface area (Å²) < 4.78 is 0.843. The second-order valence-corrected chi connectivity index (χ2v) is 8.32. The highest BCUT2D eigenvalue weighted by Gasteiger charge is 2.34. The largest absolute Gasteiger partial charge is 0.356 e. The van der Waals surface area contributed by atoms with E-state index in [1.807, 2.05) is 35.2 Å². The zero-order chi connectivity index (χ0) is 19.8. The summed E-state index contributed by atoms with van der Waals surface area (Å²) in [4.78, 5) is 19.1. The third kappa shape index (κ3) is 3.18. The molecule has 1 unspecified atom stereocenters. The fourth-order valence-corrected chi connectivity index (χ4v) is 4.88. The normalized spacial score (nSPS) is 16.4. The first-order chi connectivity index (χ1) is 14.2. The molecule has 4 heteroatoms. The van der Waals surface area contributed by atoms with Gasteiger partial charge in [-0.15, -0.1) is 0 Å². The molecule has 1 fully saturated rings. The number of aromatic nitrogens is 1. The van der Waals surface area contributed by atoms with Gasteiger partial charge in [-0.3, -0.25) is 4.79 Å². The summed E-state index contributed by atoms with van der Waals surface area (Å²) in [6, 6.07) is 26.6. The number of carbonyl (C=O) groups is 1. The number of H-pyrrole nitrogens is 1. The molecule has 0 radical (unpaired) electrons. The van der Waals surface area contributed by atoms with Crippen LogP contribution in [0.2, 0.25) is 0 Å². The van der Waals surface area contributed by atoms with Crippen LogP contribution in [0.3, 0.4) is 0 Å². The van der Waals surface area contributed by atoms with E-state index in [1.165, 1.54) is 16.5 Å². The molecular formula is C25H21BrN2O. The number of nitrogens with zero attached hydrogens (tertiary/aromatic N) is 1. The summed E-state index contributed by atoms with van der Waals surface area (Å²) in [5, 5.41) is 1.20. The van der Waals surface area contributed by atoms with Gasteiger partial charge in [-0.05, 0) is 52.5 Å². The van der Waals surface area contributed by atoms with E-state index >= 15 is 0 Å². The number of aromatic amines is 1. The van der Waals surface area contributed by atoms with Gasteiger partial charge in [0.25, 0.3) is 5.91 Å². The van der Waals surface area contributed by atoms with Gasteiger partial charge in [-0.2, -0.15) is 0 Å². The van der Waals surface area contributed by atoms with Crippen molar-refractivity contribution in [1.29, 1.82) is 0 Å². The van der Waals surface area contributed by atoms with E-state index in [4.69, 9.17) is 0 Å². The van der Waals surface area contributed by atoms with Crippen molar-refractivity contribution in [2.45, 2.75) is 18.9 Å². The fraction of sp³-hybridized carbons (Fsp3) is 0.160. The molecule has 1 aliphatic heterocycles. The second-order valence-electron chi connectivity index (χ2n) is 7.46. The van der Waals surface area contributed by atoms with E-state index < -0.39 is 0 Å². The molecule has 5 rings (SSSR count). The lowest BCUT2D eigenvalue weighted by Crippen LogP contribution is -2.31. The van der Waals surface area contributed by atoms with Gasteiger partial charge in [0.2, 0.25) is 0 Å². The van der Waals surface area contributed by atoms with Crippen molar-refractivity contribution >= 4 is 32.7 Å². The molecule has 144 valence electrons. The summed E-state index contributed by atoms with van der Waals surface area (Å²) in [6.07, 6.45) is 1.97. The molecule has 3 aromatic carbocycles. The number of likely N-dealkylation sites (tertiary alicyclic amines) is 1. The number of benzene rings is 3. The van der Waals surface area contributed by atoms with Crippen LogP contribution in [-0.4, -0.2) is 22.3 Å². The first kappa shape index (κ1) is 18.2. The topological polar surface area (TPSA) is 36.1 Å². The van der Waals surface area contributed by atoms with Crippen molar-refractivity contribution in [3.8, 4) is 11.1 Å². The lowest BCUT2D eigenvalue weighted by molar-refractivity contribution is 0.0733. The summed E-state index contributed by atoms with van der Waals surface area (Å²) in [6.45, 7) is 0.772. The van der Waals surface area contributed by atoms with Crippen molar-refractivity contribution in [3.05, 3.63) is 94.6 Å². The quantitative estimate of drug-likeness (QED) is 0.380. The maximum absolute atomic E-state index is 13.4. The van der Waals surface area contributed by atoms with Gasteiger partial charge in [0, 0.05) is 33.2 Å². The average Bonchev–Trinajstić information content (AvgIpc) is 3.39. The molecule has 1 amide bonds. The zero-order valence-electron chi connectivity index (χ0n) is 15.9. The summed E-state index contributed by atoms with van der Waals surface area (Å²) in [7, 11) is 0. The first-order valence-corrected chi connectivity index (χ1v) is 10.7. The Hall–Kier alpha value is -2.85. The van der Waals surface area contributed by atoms with Gasteiger partial charge < -0.3 is 9.88 Å². The van der Waals surface area contributed by atoms with Gasteiger partial charge in [0.15, 0.2) is 0 Å². The van der Waals surface area contributed by atoms with E-state index in [0.717, 1.165) is 40.6 Å². The molecule has 0 bridgehead atoms. The second kappa shape index (κ2) is 7.53. The predicted molar refractivity (Wildman–Crippen MR) is 121 cm³/mol. The molecule has 0 spiro atoms. The molecule has 0 saturated carbocycles. The molecule has 1 N–H and O–H groups in total. The third-order valence-corrected chi connectivity index (χ3v) is 6.44. The minimum absolute atomic E-state index is 0.0391. The van der Waals surface area contributed by atoms with Crippen LogP contribution in [0.4, 0.5) is 0 Å².